The first-order valence-electron chi connectivity index (χ1n) is 6.83. The van der Waals surface area contributed by atoms with Crippen LogP contribution in [0.1, 0.15) is 32.6 Å². The Morgan fingerprint density at radius 1 is 1.21 bits per heavy atom. The van der Waals surface area contributed by atoms with E-state index in [1.54, 1.807) is 24.3 Å². The zero-order chi connectivity index (χ0) is 13.9. The number of benzene rings is 1. The number of nitrogen functional groups attached to an aromatic ring is 1. The molecule has 1 aliphatic carbocycles. The van der Waals surface area contributed by atoms with Gasteiger partial charge in [-0.1, -0.05) is 31.9 Å². The molecule has 0 spiro atoms. The monoisotopic (exact) mass is 282 g/mol. The molecule has 0 atom stereocenters. The Kier molecular flexibility index (Phi) is 4.47. The number of anilines is 1. The van der Waals surface area contributed by atoms with Crippen molar-refractivity contribution in [2.75, 3.05) is 12.3 Å². The molecule has 1 saturated carbocycles. The highest BCUT2D eigenvalue weighted by Gasteiger charge is 2.22. The standard InChI is InChI=1S/C14H22N2O2S/c1-11-6-8-12(9-7-11)10-16-19(17,18)14-5-3-2-4-13(14)15/h2-5,11-12,16H,6-10,15H2,1H3. The van der Waals surface area contributed by atoms with Gasteiger partial charge in [0.2, 0.25) is 10.0 Å². The minimum atomic E-state index is -3.48. The molecule has 3 N–H and O–H groups in total. The van der Waals surface area contributed by atoms with E-state index >= 15 is 0 Å². The summed E-state index contributed by atoms with van der Waals surface area (Å²) >= 11 is 0. The molecule has 5 heteroatoms. The van der Waals surface area contributed by atoms with Crippen LogP contribution < -0.4 is 10.5 Å². The Hall–Kier alpha value is -1.07. The summed E-state index contributed by atoms with van der Waals surface area (Å²) in [6, 6.07) is 6.57. The first-order valence-corrected chi connectivity index (χ1v) is 8.31. The van der Waals surface area contributed by atoms with Crippen LogP contribution in [0.3, 0.4) is 0 Å². The van der Waals surface area contributed by atoms with Gasteiger partial charge in [0.25, 0.3) is 0 Å². The van der Waals surface area contributed by atoms with E-state index in [2.05, 4.69) is 11.6 Å². The van der Waals surface area contributed by atoms with Crippen LogP contribution in [0.25, 0.3) is 0 Å². The zero-order valence-electron chi connectivity index (χ0n) is 11.3. The molecule has 1 fully saturated rings. The number of hydrogen-bond donors (Lipinski definition) is 2. The SMILES string of the molecule is CC1CCC(CNS(=O)(=O)c2ccccc2N)CC1. The fraction of sp³-hybridized carbons (Fsp3) is 0.571. The summed E-state index contributed by atoms with van der Waals surface area (Å²) in [6.45, 7) is 2.77. The fourth-order valence-corrected chi connectivity index (χ4v) is 3.81. The van der Waals surface area contributed by atoms with Gasteiger partial charge in [-0.25, -0.2) is 13.1 Å². The van der Waals surface area contributed by atoms with Crippen LogP contribution in [0.2, 0.25) is 0 Å². The van der Waals surface area contributed by atoms with Gasteiger partial charge < -0.3 is 5.73 Å². The van der Waals surface area contributed by atoms with E-state index in [4.69, 9.17) is 5.73 Å². The van der Waals surface area contributed by atoms with Crippen molar-refractivity contribution in [2.45, 2.75) is 37.5 Å². The predicted octanol–water partition coefficient (Wildman–Crippen LogP) is 2.37. The van der Waals surface area contributed by atoms with Gasteiger partial charge in [-0.15, -0.1) is 0 Å². The van der Waals surface area contributed by atoms with Gasteiger partial charge in [0.05, 0.1) is 5.69 Å². The number of nitrogens with two attached hydrogens (primary N) is 1. The maximum atomic E-state index is 12.2. The Morgan fingerprint density at radius 3 is 2.47 bits per heavy atom. The number of rotatable bonds is 4. The Balaban J connectivity index is 1.97. The molecule has 0 aromatic heterocycles. The topological polar surface area (TPSA) is 72.2 Å². The van der Waals surface area contributed by atoms with Crippen LogP contribution in [0.15, 0.2) is 29.2 Å². The third-order valence-electron chi connectivity index (χ3n) is 3.91. The van der Waals surface area contributed by atoms with Crippen molar-refractivity contribution >= 4 is 15.7 Å². The summed E-state index contributed by atoms with van der Waals surface area (Å²) in [6.07, 6.45) is 4.60. The average Bonchev–Trinajstić information content (AvgIpc) is 2.38. The average molecular weight is 282 g/mol. The summed E-state index contributed by atoms with van der Waals surface area (Å²) in [5.74, 6) is 1.23. The largest absolute Gasteiger partial charge is 0.398 e. The Morgan fingerprint density at radius 2 is 1.84 bits per heavy atom. The molecule has 1 aromatic carbocycles. The van der Waals surface area contributed by atoms with Gasteiger partial charge in [-0.05, 0) is 36.8 Å². The Labute approximate surface area is 115 Å². The van der Waals surface area contributed by atoms with Crippen LogP contribution in [0.4, 0.5) is 5.69 Å². The van der Waals surface area contributed by atoms with Crippen molar-refractivity contribution in [3.63, 3.8) is 0 Å². The van der Waals surface area contributed by atoms with E-state index < -0.39 is 10.0 Å². The predicted molar refractivity (Wildman–Crippen MR) is 77.2 cm³/mol. The molecule has 0 unspecified atom stereocenters. The molecule has 0 heterocycles. The highest BCUT2D eigenvalue weighted by atomic mass is 32.2. The first-order chi connectivity index (χ1) is 8.99. The molecule has 2 rings (SSSR count). The molecule has 0 saturated heterocycles. The third kappa shape index (κ3) is 3.70. The molecule has 1 aliphatic rings. The van der Waals surface area contributed by atoms with Crippen LogP contribution in [-0.2, 0) is 10.0 Å². The molecule has 0 bridgehead atoms. The second kappa shape index (κ2) is 5.92. The number of hydrogen-bond acceptors (Lipinski definition) is 3. The number of nitrogens with one attached hydrogen (secondary N) is 1. The van der Waals surface area contributed by atoms with E-state index in [1.165, 1.54) is 12.8 Å². The van der Waals surface area contributed by atoms with Crippen molar-refractivity contribution in [1.29, 1.82) is 0 Å². The minimum Gasteiger partial charge on any atom is -0.398 e. The lowest BCUT2D eigenvalue weighted by atomic mass is 9.83. The normalized spacial score (nSPS) is 24.3. The van der Waals surface area contributed by atoms with E-state index in [0.29, 0.717) is 18.2 Å². The first kappa shape index (κ1) is 14.3. The summed E-state index contributed by atoms with van der Waals surface area (Å²) < 4.78 is 27.0. The van der Waals surface area contributed by atoms with Crippen LogP contribution >= 0.6 is 0 Å². The van der Waals surface area contributed by atoms with Crippen LogP contribution in [0.5, 0.6) is 0 Å². The van der Waals surface area contributed by atoms with Gasteiger partial charge in [0, 0.05) is 6.54 Å². The van der Waals surface area contributed by atoms with Gasteiger partial charge >= 0.3 is 0 Å². The van der Waals surface area contributed by atoms with Crippen molar-refractivity contribution in [3.05, 3.63) is 24.3 Å². The molecule has 0 radical (unpaired) electrons. The maximum absolute atomic E-state index is 12.2. The van der Waals surface area contributed by atoms with E-state index in [0.717, 1.165) is 18.8 Å². The smallest absolute Gasteiger partial charge is 0.242 e. The third-order valence-corrected chi connectivity index (χ3v) is 5.40. The second-order valence-electron chi connectivity index (χ2n) is 5.52. The number of sulfonamides is 1. The van der Waals surface area contributed by atoms with Gasteiger partial charge in [-0.2, -0.15) is 0 Å². The van der Waals surface area contributed by atoms with E-state index in [-0.39, 0.29) is 4.90 Å². The minimum absolute atomic E-state index is 0.180. The molecule has 106 valence electrons. The summed E-state index contributed by atoms with van der Waals surface area (Å²) in [4.78, 5) is 0.180. The zero-order valence-corrected chi connectivity index (χ0v) is 12.1. The van der Waals surface area contributed by atoms with Crippen LogP contribution in [-0.4, -0.2) is 15.0 Å². The summed E-state index contributed by atoms with van der Waals surface area (Å²) in [7, 11) is -3.48. The second-order valence-corrected chi connectivity index (χ2v) is 7.25. The van der Waals surface area contributed by atoms with Gasteiger partial charge in [0.1, 0.15) is 4.90 Å². The van der Waals surface area contributed by atoms with Crippen molar-refractivity contribution in [3.8, 4) is 0 Å². The van der Waals surface area contributed by atoms with Crippen molar-refractivity contribution < 1.29 is 8.42 Å². The maximum Gasteiger partial charge on any atom is 0.242 e. The molecule has 0 aliphatic heterocycles. The lowest BCUT2D eigenvalue weighted by Gasteiger charge is -2.26. The molecule has 19 heavy (non-hydrogen) atoms. The molecular formula is C14H22N2O2S. The lowest BCUT2D eigenvalue weighted by Crippen LogP contribution is -2.31. The lowest BCUT2D eigenvalue weighted by molar-refractivity contribution is 0.290. The number of para-hydroxylation sites is 1. The molecule has 1 aromatic rings. The van der Waals surface area contributed by atoms with Gasteiger partial charge in [0.15, 0.2) is 0 Å². The summed E-state index contributed by atoms with van der Waals surface area (Å²) in [5.41, 5.74) is 6.01. The molecular weight excluding hydrogens is 260 g/mol. The highest BCUT2D eigenvalue weighted by molar-refractivity contribution is 7.89. The quantitative estimate of drug-likeness (QED) is 0.833. The van der Waals surface area contributed by atoms with Crippen molar-refractivity contribution in [2.24, 2.45) is 11.8 Å². The molecule has 4 nitrogen and oxygen atoms in total. The van der Waals surface area contributed by atoms with E-state index in [1.807, 2.05) is 0 Å². The fourth-order valence-electron chi connectivity index (χ4n) is 2.56. The molecule has 0 amide bonds. The van der Waals surface area contributed by atoms with Crippen LogP contribution in [0, 0.1) is 11.8 Å². The summed E-state index contributed by atoms with van der Waals surface area (Å²) in [5, 5.41) is 0. The van der Waals surface area contributed by atoms with E-state index in [9.17, 15) is 8.42 Å². The Bertz CT molecular complexity index is 520. The van der Waals surface area contributed by atoms with Gasteiger partial charge in [-0.3, -0.25) is 0 Å². The highest BCUT2D eigenvalue weighted by Crippen LogP contribution is 2.28. The van der Waals surface area contributed by atoms with Crippen molar-refractivity contribution in [1.82, 2.24) is 4.72 Å².